The molecule has 1 N–H and O–H groups in total. The van der Waals surface area contributed by atoms with Gasteiger partial charge in [0, 0.05) is 12.6 Å². The number of nitrogens with zero attached hydrogens (tertiary/aromatic N) is 1. The summed E-state index contributed by atoms with van der Waals surface area (Å²) in [4.78, 5) is 12.8. The van der Waals surface area contributed by atoms with Crippen LogP contribution >= 0.6 is 0 Å². The second-order valence-electron chi connectivity index (χ2n) is 7.12. The highest BCUT2D eigenvalue weighted by Gasteiger charge is 2.30. The van der Waals surface area contributed by atoms with Gasteiger partial charge in [-0.05, 0) is 30.5 Å². The van der Waals surface area contributed by atoms with Crippen molar-refractivity contribution in [2.24, 2.45) is 0 Å². The van der Waals surface area contributed by atoms with Crippen molar-refractivity contribution in [3.63, 3.8) is 0 Å². The number of fused-ring (bicyclic) bond motifs is 1. The minimum Gasteiger partial charge on any atom is -0.486 e. The molecule has 0 aliphatic carbocycles. The van der Waals surface area contributed by atoms with E-state index in [2.05, 4.69) is 5.32 Å². The van der Waals surface area contributed by atoms with Gasteiger partial charge in [0.25, 0.3) is 0 Å². The summed E-state index contributed by atoms with van der Waals surface area (Å²) >= 11 is 0. The Bertz CT molecular complexity index is 962. The Hall–Kier alpha value is -2.74. The van der Waals surface area contributed by atoms with E-state index >= 15 is 0 Å². The standard InChI is InChI=1S/C21H26N2O5S/c1-15(17-7-5-4-6-8-17)14-22-21(24)16(2)23(29(3,25)26)18-9-10-19-20(13-18)28-12-11-27-19/h4-10,13,15-16H,11-12,14H2,1-3H3,(H,22,24)/t15-,16-/m0/s1. The fourth-order valence-corrected chi connectivity index (χ4v) is 4.45. The van der Waals surface area contributed by atoms with Crippen molar-refractivity contribution in [1.29, 1.82) is 0 Å². The fourth-order valence-electron chi connectivity index (χ4n) is 3.28. The van der Waals surface area contributed by atoms with E-state index in [4.69, 9.17) is 9.47 Å². The molecule has 2 aromatic carbocycles. The van der Waals surface area contributed by atoms with Crippen LogP contribution < -0.4 is 19.1 Å². The molecule has 7 nitrogen and oxygen atoms in total. The lowest BCUT2D eigenvalue weighted by molar-refractivity contribution is -0.121. The fraction of sp³-hybridized carbons (Fsp3) is 0.381. The van der Waals surface area contributed by atoms with Crippen molar-refractivity contribution in [2.75, 3.05) is 30.3 Å². The maximum Gasteiger partial charge on any atom is 0.243 e. The van der Waals surface area contributed by atoms with Gasteiger partial charge in [-0.3, -0.25) is 9.10 Å². The van der Waals surface area contributed by atoms with Gasteiger partial charge >= 0.3 is 0 Å². The van der Waals surface area contributed by atoms with E-state index in [9.17, 15) is 13.2 Å². The second kappa shape index (κ2) is 8.73. The van der Waals surface area contributed by atoms with Gasteiger partial charge in [-0.15, -0.1) is 0 Å². The van der Waals surface area contributed by atoms with Crippen LogP contribution in [0.3, 0.4) is 0 Å². The van der Waals surface area contributed by atoms with E-state index in [1.807, 2.05) is 37.3 Å². The van der Waals surface area contributed by atoms with Crippen LogP contribution in [0, 0.1) is 0 Å². The van der Waals surface area contributed by atoms with E-state index < -0.39 is 16.1 Å². The highest BCUT2D eigenvalue weighted by Crippen LogP contribution is 2.35. The minimum atomic E-state index is -3.70. The first-order valence-electron chi connectivity index (χ1n) is 9.49. The summed E-state index contributed by atoms with van der Waals surface area (Å²) in [6.45, 7) is 4.82. The predicted molar refractivity (Wildman–Crippen MR) is 112 cm³/mol. The van der Waals surface area contributed by atoms with Crippen molar-refractivity contribution in [3.8, 4) is 11.5 Å². The highest BCUT2D eigenvalue weighted by atomic mass is 32.2. The zero-order chi connectivity index (χ0) is 21.0. The molecular weight excluding hydrogens is 392 g/mol. The van der Waals surface area contributed by atoms with Crippen molar-refractivity contribution in [1.82, 2.24) is 5.32 Å². The molecule has 1 heterocycles. The third-order valence-electron chi connectivity index (χ3n) is 4.82. The molecule has 0 saturated carbocycles. The summed E-state index contributed by atoms with van der Waals surface area (Å²) in [5.41, 5.74) is 1.46. The smallest absolute Gasteiger partial charge is 0.243 e. The van der Waals surface area contributed by atoms with Gasteiger partial charge in [-0.25, -0.2) is 8.42 Å². The molecule has 0 bridgehead atoms. The highest BCUT2D eigenvalue weighted by molar-refractivity contribution is 7.92. The van der Waals surface area contributed by atoms with Crippen LogP contribution in [0.25, 0.3) is 0 Å². The quantitative estimate of drug-likeness (QED) is 0.747. The Morgan fingerprint density at radius 1 is 1.07 bits per heavy atom. The number of amides is 1. The van der Waals surface area contributed by atoms with Crippen LogP contribution in [0.2, 0.25) is 0 Å². The molecule has 29 heavy (non-hydrogen) atoms. The molecule has 0 saturated heterocycles. The molecule has 0 fully saturated rings. The number of anilines is 1. The zero-order valence-electron chi connectivity index (χ0n) is 16.8. The molecule has 8 heteroatoms. The third-order valence-corrected chi connectivity index (χ3v) is 6.06. The summed E-state index contributed by atoms with van der Waals surface area (Å²) in [7, 11) is -3.70. The van der Waals surface area contributed by atoms with Gasteiger partial charge in [0.15, 0.2) is 11.5 Å². The van der Waals surface area contributed by atoms with E-state index in [1.165, 1.54) is 0 Å². The van der Waals surface area contributed by atoms with E-state index in [0.29, 0.717) is 36.9 Å². The summed E-state index contributed by atoms with van der Waals surface area (Å²) in [6, 6.07) is 13.8. The van der Waals surface area contributed by atoms with Gasteiger partial charge in [0.05, 0.1) is 11.9 Å². The number of carbonyl (C=O) groups is 1. The molecule has 0 aromatic heterocycles. The van der Waals surface area contributed by atoms with E-state index in [-0.39, 0.29) is 11.8 Å². The molecule has 2 aromatic rings. The maximum absolute atomic E-state index is 12.8. The first-order chi connectivity index (χ1) is 13.8. The van der Waals surface area contributed by atoms with Crippen LogP contribution in [-0.2, 0) is 14.8 Å². The topological polar surface area (TPSA) is 84.9 Å². The predicted octanol–water partition coefficient (Wildman–Crippen LogP) is 2.53. The normalized spacial score (nSPS) is 15.3. The molecule has 3 rings (SSSR count). The van der Waals surface area contributed by atoms with Crippen molar-refractivity contribution >= 4 is 21.6 Å². The van der Waals surface area contributed by atoms with Crippen LogP contribution in [0.15, 0.2) is 48.5 Å². The minimum absolute atomic E-state index is 0.105. The number of hydrogen-bond acceptors (Lipinski definition) is 5. The van der Waals surface area contributed by atoms with E-state index in [1.54, 1.807) is 25.1 Å². The molecule has 1 aliphatic rings. The summed E-state index contributed by atoms with van der Waals surface area (Å²) in [5.74, 6) is 0.761. The largest absolute Gasteiger partial charge is 0.486 e. The molecule has 2 atom stereocenters. The molecule has 0 spiro atoms. The second-order valence-corrected chi connectivity index (χ2v) is 8.98. The van der Waals surface area contributed by atoms with Gasteiger partial charge in [-0.1, -0.05) is 37.3 Å². The lowest BCUT2D eigenvalue weighted by Gasteiger charge is -2.29. The molecule has 156 valence electrons. The van der Waals surface area contributed by atoms with Crippen LogP contribution in [0.5, 0.6) is 11.5 Å². The van der Waals surface area contributed by atoms with Gasteiger partial charge in [-0.2, -0.15) is 0 Å². The summed E-state index contributed by atoms with van der Waals surface area (Å²) in [5, 5.41) is 2.86. The Kier molecular flexibility index (Phi) is 6.32. The van der Waals surface area contributed by atoms with Crippen molar-refractivity contribution in [2.45, 2.75) is 25.8 Å². The number of sulfonamides is 1. The number of ether oxygens (including phenoxy) is 2. The number of benzene rings is 2. The van der Waals surface area contributed by atoms with Gasteiger partial charge < -0.3 is 14.8 Å². The lowest BCUT2D eigenvalue weighted by atomic mass is 10.0. The molecule has 1 amide bonds. The Morgan fingerprint density at radius 3 is 2.38 bits per heavy atom. The molecule has 1 aliphatic heterocycles. The molecular formula is C21H26N2O5S. The Balaban J connectivity index is 1.76. The summed E-state index contributed by atoms with van der Waals surface area (Å²) < 4.78 is 37.1. The average molecular weight is 419 g/mol. The Labute approximate surface area is 171 Å². The van der Waals surface area contributed by atoms with Crippen molar-refractivity contribution < 1.29 is 22.7 Å². The lowest BCUT2D eigenvalue weighted by Crippen LogP contribution is -2.48. The number of carbonyl (C=O) groups excluding carboxylic acids is 1. The van der Waals surface area contributed by atoms with Crippen LogP contribution in [-0.4, -0.2) is 46.4 Å². The SMILES string of the molecule is C[C@@H](CNC(=O)[C@H](C)N(c1ccc2c(c1)OCCO2)S(C)(=O)=O)c1ccccc1. The average Bonchev–Trinajstić information content (AvgIpc) is 2.71. The summed E-state index contributed by atoms with van der Waals surface area (Å²) in [6.07, 6.45) is 1.08. The molecule has 0 radical (unpaired) electrons. The van der Waals surface area contributed by atoms with Crippen LogP contribution in [0.1, 0.15) is 25.3 Å². The zero-order valence-corrected chi connectivity index (χ0v) is 17.6. The Morgan fingerprint density at radius 2 is 1.72 bits per heavy atom. The van der Waals surface area contributed by atoms with Gasteiger partial charge in [0.2, 0.25) is 15.9 Å². The van der Waals surface area contributed by atoms with Gasteiger partial charge in [0.1, 0.15) is 19.3 Å². The number of rotatable bonds is 7. The number of hydrogen-bond donors (Lipinski definition) is 1. The third kappa shape index (κ3) is 5.00. The first kappa shape index (κ1) is 21.0. The van der Waals surface area contributed by atoms with Crippen molar-refractivity contribution in [3.05, 3.63) is 54.1 Å². The van der Waals surface area contributed by atoms with E-state index in [0.717, 1.165) is 16.1 Å². The first-order valence-corrected chi connectivity index (χ1v) is 11.3. The van der Waals surface area contributed by atoms with Crippen LogP contribution in [0.4, 0.5) is 5.69 Å². The monoisotopic (exact) mass is 418 g/mol. The maximum atomic E-state index is 12.8. The molecule has 0 unspecified atom stereocenters. The number of nitrogens with one attached hydrogen (secondary N) is 1.